The van der Waals surface area contributed by atoms with Gasteiger partial charge in [-0.25, -0.2) is 0 Å². The van der Waals surface area contributed by atoms with Crippen LogP contribution in [0.4, 0.5) is 0 Å². The van der Waals surface area contributed by atoms with E-state index < -0.39 is 6.10 Å². The van der Waals surface area contributed by atoms with Crippen molar-refractivity contribution in [3.8, 4) is 0 Å². The van der Waals surface area contributed by atoms with E-state index in [9.17, 15) is 9.59 Å². The van der Waals surface area contributed by atoms with Crippen molar-refractivity contribution in [3.63, 3.8) is 0 Å². The van der Waals surface area contributed by atoms with Crippen LogP contribution in [0.3, 0.4) is 0 Å². The van der Waals surface area contributed by atoms with Crippen LogP contribution in [0.15, 0.2) is 0 Å². The third kappa shape index (κ3) is 4.21. The lowest BCUT2D eigenvalue weighted by Crippen LogP contribution is -2.19. The number of ether oxygens (including phenoxy) is 1. The molecule has 0 aliphatic rings. The van der Waals surface area contributed by atoms with Gasteiger partial charge in [0, 0.05) is 6.42 Å². The smallest absolute Gasteiger partial charge is 0.149 e. The highest BCUT2D eigenvalue weighted by Gasteiger charge is 2.07. The van der Waals surface area contributed by atoms with E-state index in [0.29, 0.717) is 12.6 Å². The Morgan fingerprint density at radius 3 is 2.30 bits per heavy atom. The van der Waals surface area contributed by atoms with Gasteiger partial charge in [0.2, 0.25) is 0 Å². The SMILES string of the molecule is CC(C)OC(C=O)CC=O. The first-order valence-electron chi connectivity index (χ1n) is 3.25. The third-order valence-corrected chi connectivity index (χ3v) is 0.927. The van der Waals surface area contributed by atoms with Crippen LogP contribution in [0.2, 0.25) is 0 Å². The van der Waals surface area contributed by atoms with Crippen molar-refractivity contribution in [1.29, 1.82) is 0 Å². The van der Waals surface area contributed by atoms with Crippen molar-refractivity contribution < 1.29 is 14.3 Å². The number of hydrogen-bond acceptors (Lipinski definition) is 3. The molecule has 0 aliphatic carbocycles. The van der Waals surface area contributed by atoms with E-state index >= 15 is 0 Å². The minimum atomic E-state index is -0.558. The molecule has 3 nitrogen and oxygen atoms in total. The summed E-state index contributed by atoms with van der Waals surface area (Å²) in [6, 6.07) is 0. The van der Waals surface area contributed by atoms with Crippen LogP contribution >= 0.6 is 0 Å². The molecule has 0 N–H and O–H groups in total. The Labute approximate surface area is 60.4 Å². The van der Waals surface area contributed by atoms with Crippen LogP contribution in [-0.2, 0) is 14.3 Å². The largest absolute Gasteiger partial charge is 0.368 e. The zero-order valence-electron chi connectivity index (χ0n) is 6.24. The van der Waals surface area contributed by atoms with E-state index in [0.717, 1.165) is 0 Å². The second-order valence-electron chi connectivity index (χ2n) is 2.26. The zero-order valence-corrected chi connectivity index (χ0v) is 6.24. The van der Waals surface area contributed by atoms with Gasteiger partial charge in [-0.1, -0.05) is 0 Å². The molecule has 0 saturated heterocycles. The first kappa shape index (κ1) is 9.30. The fourth-order valence-corrected chi connectivity index (χ4v) is 0.588. The van der Waals surface area contributed by atoms with Gasteiger partial charge in [0.1, 0.15) is 18.7 Å². The molecule has 0 amide bonds. The average molecular weight is 144 g/mol. The van der Waals surface area contributed by atoms with E-state index in [1.165, 1.54) is 0 Å². The molecule has 0 spiro atoms. The quantitative estimate of drug-likeness (QED) is 0.530. The molecule has 58 valence electrons. The van der Waals surface area contributed by atoms with E-state index in [1.54, 1.807) is 0 Å². The Morgan fingerprint density at radius 2 is 2.00 bits per heavy atom. The lowest BCUT2D eigenvalue weighted by molar-refractivity contribution is -0.125. The summed E-state index contributed by atoms with van der Waals surface area (Å²) in [5.41, 5.74) is 0. The minimum absolute atomic E-state index is 0.00449. The standard InChI is InChI=1S/C7H12O3/c1-6(2)10-7(5-9)3-4-8/h4-7H,3H2,1-2H3. The van der Waals surface area contributed by atoms with Gasteiger partial charge in [-0.3, -0.25) is 0 Å². The van der Waals surface area contributed by atoms with Crippen LogP contribution in [0.1, 0.15) is 20.3 Å². The highest BCUT2D eigenvalue weighted by Crippen LogP contribution is 1.97. The van der Waals surface area contributed by atoms with Crippen LogP contribution in [0.5, 0.6) is 0 Å². The zero-order chi connectivity index (χ0) is 7.98. The predicted octanol–water partition coefficient (Wildman–Crippen LogP) is 0.568. The summed E-state index contributed by atoms with van der Waals surface area (Å²) in [4.78, 5) is 20.1. The lowest BCUT2D eigenvalue weighted by atomic mass is 10.3. The molecule has 1 atom stereocenters. The Morgan fingerprint density at radius 1 is 1.40 bits per heavy atom. The molecule has 0 bridgehead atoms. The highest BCUT2D eigenvalue weighted by molar-refractivity contribution is 5.63. The van der Waals surface area contributed by atoms with Crippen molar-refractivity contribution in [2.24, 2.45) is 0 Å². The Balaban J connectivity index is 3.59. The molecule has 0 aromatic heterocycles. The number of aldehydes is 2. The van der Waals surface area contributed by atoms with E-state index in [2.05, 4.69) is 0 Å². The Bertz CT molecular complexity index is 109. The molecule has 0 fully saturated rings. The molecule has 0 aromatic rings. The van der Waals surface area contributed by atoms with Gasteiger partial charge in [-0.2, -0.15) is 0 Å². The van der Waals surface area contributed by atoms with Gasteiger partial charge < -0.3 is 14.3 Å². The highest BCUT2D eigenvalue weighted by atomic mass is 16.5. The molecule has 1 unspecified atom stereocenters. The second-order valence-corrected chi connectivity index (χ2v) is 2.26. The molecule has 3 heteroatoms. The van der Waals surface area contributed by atoms with Gasteiger partial charge in [-0.15, -0.1) is 0 Å². The number of carbonyl (C=O) groups excluding carboxylic acids is 2. The first-order chi connectivity index (χ1) is 4.70. The van der Waals surface area contributed by atoms with Crippen molar-refractivity contribution in [2.75, 3.05) is 0 Å². The topological polar surface area (TPSA) is 43.4 Å². The molecule has 10 heavy (non-hydrogen) atoms. The fourth-order valence-electron chi connectivity index (χ4n) is 0.588. The van der Waals surface area contributed by atoms with Crippen LogP contribution in [0.25, 0.3) is 0 Å². The van der Waals surface area contributed by atoms with Crippen LogP contribution < -0.4 is 0 Å². The monoisotopic (exact) mass is 144 g/mol. The summed E-state index contributed by atoms with van der Waals surface area (Å²) >= 11 is 0. The van der Waals surface area contributed by atoms with E-state index in [4.69, 9.17) is 4.74 Å². The normalized spacial score (nSPS) is 13.1. The molecule has 0 saturated carbocycles. The van der Waals surface area contributed by atoms with Gasteiger partial charge in [-0.05, 0) is 13.8 Å². The summed E-state index contributed by atoms with van der Waals surface area (Å²) in [5.74, 6) is 0. The third-order valence-electron chi connectivity index (χ3n) is 0.927. The van der Waals surface area contributed by atoms with E-state index in [1.807, 2.05) is 13.8 Å². The maximum atomic E-state index is 10.1. The van der Waals surface area contributed by atoms with Crippen molar-refractivity contribution in [1.82, 2.24) is 0 Å². The molecule has 0 aromatic carbocycles. The fraction of sp³-hybridized carbons (Fsp3) is 0.714. The van der Waals surface area contributed by atoms with Crippen LogP contribution in [0, 0.1) is 0 Å². The molecule has 0 aliphatic heterocycles. The molecular formula is C7H12O3. The maximum absolute atomic E-state index is 10.1. The summed E-state index contributed by atoms with van der Waals surface area (Å²) in [7, 11) is 0. The Kier molecular flexibility index (Phi) is 4.76. The summed E-state index contributed by atoms with van der Waals surface area (Å²) in [6.07, 6.45) is 0.921. The summed E-state index contributed by atoms with van der Waals surface area (Å²) in [6.45, 7) is 3.64. The first-order valence-corrected chi connectivity index (χ1v) is 3.25. The molecule has 0 rings (SSSR count). The number of carbonyl (C=O) groups is 2. The summed E-state index contributed by atoms with van der Waals surface area (Å²) < 4.78 is 5.04. The van der Waals surface area contributed by atoms with Crippen molar-refractivity contribution in [3.05, 3.63) is 0 Å². The second kappa shape index (κ2) is 5.11. The van der Waals surface area contributed by atoms with Crippen molar-refractivity contribution in [2.45, 2.75) is 32.5 Å². The maximum Gasteiger partial charge on any atom is 0.149 e. The number of rotatable bonds is 5. The van der Waals surface area contributed by atoms with Gasteiger partial charge in [0.25, 0.3) is 0 Å². The Hall–Kier alpha value is -0.700. The molecular weight excluding hydrogens is 132 g/mol. The van der Waals surface area contributed by atoms with Gasteiger partial charge in [0.15, 0.2) is 0 Å². The molecule has 0 radical (unpaired) electrons. The number of hydrogen-bond donors (Lipinski definition) is 0. The van der Waals surface area contributed by atoms with Gasteiger partial charge >= 0.3 is 0 Å². The average Bonchev–Trinajstić information content (AvgIpc) is 1.86. The molecule has 0 heterocycles. The van der Waals surface area contributed by atoms with Gasteiger partial charge in [0.05, 0.1) is 6.10 Å². The van der Waals surface area contributed by atoms with Crippen molar-refractivity contribution >= 4 is 12.6 Å². The summed E-state index contributed by atoms with van der Waals surface area (Å²) in [5, 5.41) is 0. The van der Waals surface area contributed by atoms with E-state index in [-0.39, 0.29) is 12.5 Å². The minimum Gasteiger partial charge on any atom is -0.368 e. The van der Waals surface area contributed by atoms with Crippen LogP contribution in [-0.4, -0.2) is 24.8 Å². The lowest BCUT2D eigenvalue weighted by Gasteiger charge is -2.11. The predicted molar refractivity (Wildman–Crippen MR) is 36.8 cm³/mol.